The fourth-order valence-electron chi connectivity index (χ4n) is 3.74. The number of Topliss-reactive ketones (excluding diaryl/α,β-unsaturated/α-hetero) is 2. The van der Waals surface area contributed by atoms with Crippen LogP contribution in [-0.2, 0) is 28.7 Å². The predicted molar refractivity (Wildman–Crippen MR) is 89.9 cm³/mol. The number of fused-ring (bicyclic) bond motifs is 4. The Morgan fingerprint density at radius 2 is 1.24 bits per heavy atom. The van der Waals surface area contributed by atoms with Gasteiger partial charge in [-0.2, -0.15) is 0 Å². The second-order valence-electron chi connectivity index (χ2n) is 6.87. The molecule has 4 bridgehead atoms. The number of hydrogen-bond acceptors (Lipinski definition) is 6. The van der Waals surface area contributed by atoms with Crippen molar-refractivity contribution in [3.63, 3.8) is 0 Å². The number of carbonyl (C=O) groups excluding carboxylic acids is 4. The van der Waals surface area contributed by atoms with Crippen LogP contribution in [0.15, 0.2) is 24.3 Å². The van der Waals surface area contributed by atoms with Gasteiger partial charge in [-0.1, -0.05) is 19.6 Å². The SMILES string of the molecule is C.CC(=O)C1CC2(C=O)C=CC1O2.CC(=O)C1CC2(C=O)C=CC1O2. The van der Waals surface area contributed by atoms with Gasteiger partial charge in [0.15, 0.2) is 12.6 Å². The van der Waals surface area contributed by atoms with E-state index in [0.717, 1.165) is 12.6 Å². The topological polar surface area (TPSA) is 86.7 Å². The Morgan fingerprint density at radius 1 is 0.880 bits per heavy atom. The zero-order valence-corrected chi connectivity index (χ0v) is 13.6. The molecule has 2 saturated heterocycles. The number of ketones is 2. The van der Waals surface area contributed by atoms with Gasteiger partial charge in [0.25, 0.3) is 0 Å². The van der Waals surface area contributed by atoms with Crippen molar-refractivity contribution in [1.29, 1.82) is 0 Å². The Labute approximate surface area is 147 Å². The van der Waals surface area contributed by atoms with Gasteiger partial charge < -0.3 is 9.47 Å². The maximum Gasteiger partial charge on any atom is 0.155 e. The first-order valence-electron chi connectivity index (χ1n) is 8.01. The van der Waals surface area contributed by atoms with E-state index < -0.39 is 11.2 Å². The van der Waals surface area contributed by atoms with E-state index in [1.165, 1.54) is 0 Å². The molecule has 4 aliphatic rings. The third-order valence-electron chi connectivity index (χ3n) is 5.16. The smallest absolute Gasteiger partial charge is 0.155 e. The number of hydrogen-bond donors (Lipinski definition) is 0. The van der Waals surface area contributed by atoms with Crippen LogP contribution in [0.4, 0.5) is 0 Å². The number of carbonyl (C=O) groups is 4. The van der Waals surface area contributed by atoms with E-state index in [2.05, 4.69) is 0 Å². The van der Waals surface area contributed by atoms with Crippen LogP contribution in [0.3, 0.4) is 0 Å². The van der Waals surface area contributed by atoms with Crippen molar-refractivity contribution in [3.05, 3.63) is 24.3 Å². The lowest BCUT2D eigenvalue weighted by Gasteiger charge is -2.14. The predicted octanol–water partition coefficient (Wildman–Crippen LogP) is 1.61. The lowest BCUT2D eigenvalue weighted by molar-refractivity contribution is -0.123. The molecule has 136 valence electrons. The molecule has 0 radical (unpaired) electrons. The van der Waals surface area contributed by atoms with Crippen molar-refractivity contribution >= 4 is 24.1 Å². The van der Waals surface area contributed by atoms with Crippen molar-refractivity contribution in [2.24, 2.45) is 11.8 Å². The average molecular weight is 348 g/mol. The summed E-state index contributed by atoms with van der Waals surface area (Å²) in [7, 11) is 0. The van der Waals surface area contributed by atoms with Crippen LogP contribution in [0.5, 0.6) is 0 Å². The Morgan fingerprint density at radius 3 is 1.44 bits per heavy atom. The maximum atomic E-state index is 11.1. The fourth-order valence-corrected chi connectivity index (χ4v) is 3.74. The Balaban J connectivity index is 0.000000173. The molecule has 0 aromatic heterocycles. The second kappa shape index (κ2) is 6.77. The average Bonchev–Trinajstić information content (AvgIpc) is 3.33. The summed E-state index contributed by atoms with van der Waals surface area (Å²) in [4.78, 5) is 43.5. The molecular weight excluding hydrogens is 324 g/mol. The number of aldehydes is 2. The molecule has 0 aromatic rings. The third-order valence-corrected chi connectivity index (χ3v) is 5.16. The highest BCUT2D eigenvalue weighted by Gasteiger charge is 2.50. The van der Waals surface area contributed by atoms with Crippen molar-refractivity contribution in [2.75, 3.05) is 0 Å². The third kappa shape index (κ3) is 3.28. The first-order valence-corrected chi connectivity index (χ1v) is 8.01. The van der Waals surface area contributed by atoms with E-state index in [9.17, 15) is 19.2 Å². The van der Waals surface area contributed by atoms with E-state index in [-0.39, 0.29) is 43.0 Å². The van der Waals surface area contributed by atoms with Gasteiger partial charge in [-0.15, -0.1) is 0 Å². The summed E-state index contributed by atoms with van der Waals surface area (Å²) in [6.07, 6.45) is 9.42. The molecule has 0 spiro atoms. The van der Waals surface area contributed by atoms with E-state index >= 15 is 0 Å². The van der Waals surface area contributed by atoms with Crippen LogP contribution in [0, 0.1) is 11.8 Å². The molecule has 6 heteroatoms. The van der Waals surface area contributed by atoms with Gasteiger partial charge in [-0.3, -0.25) is 19.2 Å². The van der Waals surface area contributed by atoms with Crippen molar-refractivity contribution in [1.82, 2.24) is 0 Å². The lowest BCUT2D eigenvalue weighted by atomic mass is 9.85. The van der Waals surface area contributed by atoms with Gasteiger partial charge >= 0.3 is 0 Å². The fraction of sp³-hybridized carbons (Fsp3) is 0.579. The normalized spacial score (nSPS) is 41.7. The van der Waals surface area contributed by atoms with Crippen LogP contribution in [0.1, 0.15) is 34.1 Å². The molecule has 25 heavy (non-hydrogen) atoms. The van der Waals surface area contributed by atoms with E-state index in [1.807, 2.05) is 12.2 Å². The first-order chi connectivity index (χ1) is 11.3. The minimum atomic E-state index is -0.777. The van der Waals surface area contributed by atoms with Crippen molar-refractivity contribution in [2.45, 2.75) is 57.5 Å². The van der Waals surface area contributed by atoms with Crippen molar-refractivity contribution < 1.29 is 28.7 Å². The highest BCUT2D eigenvalue weighted by Crippen LogP contribution is 2.42. The van der Waals surface area contributed by atoms with Gasteiger partial charge in [0, 0.05) is 0 Å². The molecule has 0 saturated carbocycles. The van der Waals surface area contributed by atoms with Crippen LogP contribution in [0.25, 0.3) is 0 Å². The van der Waals surface area contributed by atoms with Crippen molar-refractivity contribution in [3.8, 4) is 0 Å². The lowest BCUT2D eigenvalue weighted by Crippen LogP contribution is -2.26. The zero-order valence-electron chi connectivity index (χ0n) is 13.6. The molecule has 0 aliphatic carbocycles. The minimum absolute atomic E-state index is 0. The second-order valence-corrected chi connectivity index (χ2v) is 6.87. The monoisotopic (exact) mass is 348 g/mol. The molecule has 0 amide bonds. The summed E-state index contributed by atoms with van der Waals surface area (Å²) in [5.74, 6) is -0.0125. The van der Waals surface area contributed by atoms with Crippen LogP contribution < -0.4 is 0 Å². The summed E-state index contributed by atoms with van der Waals surface area (Å²) >= 11 is 0. The standard InChI is InChI=1S/2C9H10O3.CH4/c2*1-6(11)7-4-9(5-10)3-2-8(7)12-9;/h2*2-3,5,7-8H,4H2,1H3;1H4. The Kier molecular flexibility index (Phi) is 5.25. The van der Waals surface area contributed by atoms with Crippen LogP contribution in [-0.4, -0.2) is 47.5 Å². The molecule has 0 aromatic carbocycles. The molecule has 2 fully saturated rings. The minimum Gasteiger partial charge on any atom is -0.355 e. The number of ether oxygens (including phenoxy) is 2. The van der Waals surface area contributed by atoms with Gasteiger partial charge in [-0.25, -0.2) is 0 Å². The van der Waals surface area contributed by atoms with Gasteiger partial charge in [0.2, 0.25) is 0 Å². The molecular formula is C19H24O6. The van der Waals surface area contributed by atoms with Gasteiger partial charge in [0.05, 0.1) is 24.0 Å². The van der Waals surface area contributed by atoms with Gasteiger partial charge in [0.1, 0.15) is 22.8 Å². The van der Waals surface area contributed by atoms with Crippen LogP contribution in [0.2, 0.25) is 0 Å². The Bertz CT molecular complexity index is 594. The van der Waals surface area contributed by atoms with E-state index in [1.54, 1.807) is 26.0 Å². The van der Waals surface area contributed by atoms with Gasteiger partial charge in [-0.05, 0) is 38.8 Å². The molecule has 4 rings (SSSR count). The molecule has 6 nitrogen and oxygen atoms in total. The highest BCUT2D eigenvalue weighted by molar-refractivity contribution is 5.83. The first kappa shape index (κ1) is 19.4. The molecule has 4 heterocycles. The Hall–Kier alpha value is -1.92. The maximum absolute atomic E-state index is 11.1. The quantitative estimate of drug-likeness (QED) is 0.567. The summed E-state index contributed by atoms with van der Waals surface area (Å²) in [5, 5.41) is 0. The summed E-state index contributed by atoms with van der Waals surface area (Å²) in [6, 6.07) is 0. The van der Waals surface area contributed by atoms with Crippen LogP contribution >= 0.6 is 0 Å². The largest absolute Gasteiger partial charge is 0.355 e. The zero-order chi connectivity index (χ0) is 17.5. The molecule has 0 N–H and O–H groups in total. The summed E-state index contributed by atoms with van der Waals surface area (Å²) in [5.41, 5.74) is -1.55. The van der Waals surface area contributed by atoms with E-state index in [0.29, 0.717) is 12.8 Å². The summed E-state index contributed by atoms with van der Waals surface area (Å²) in [6.45, 7) is 3.09. The summed E-state index contributed by atoms with van der Waals surface area (Å²) < 4.78 is 10.8. The van der Waals surface area contributed by atoms with E-state index in [4.69, 9.17) is 9.47 Å². The molecule has 6 unspecified atom stereocenters. The number of rotatable bonds is 4. The highest BCUT2D eigenvalue weighted by atomic mass is 16.5. The molecule has 4 aliphatic heterocycles. The molecule has 6 atom stereocenters.